The predicted octanol–water partition coefficient (Wildman–Crippen LogP) is 1.67. The van der Waals surface area contributed by atoms with E-state index in [4.69, 9.17) is 9.47 Å². The number of aromatic nitrogens is 3. The van der Waals surface area contributed by atoms with Crippen LogP contribution in [0.5, 0.6) is 5.88 Å². The highest BCUT2D eigenvalue weighted by atomic mass is 32.1. The van der Waals surface area contributed by atoms with Crippen LogP contribution in [0.1, 0.15) is 18.7 Å². The van der Waals surface area contributed by atoms with E-state index in [1.165, 1.54) is 37.3 Å². The summed E-state index contributed by atoms with van der Waals surface area (Å²) in [6, 6.07) is 0.566. The minimum absolute atomic E-state index is 0.149. The minimum atomic E-state index is -0.149. The standard InChI is InChI=1S/C16H20N6O2S/c1-9-18-12(23-2)11-13(19-9)25-15(20-11)21-14-17-7-16(24-14)8-22-5-3-10(16)4-6-22/h10H,3-8H2,1-2H3,(H,17,20,21). The highest BCUT2D eigenvalue weighted by Crippen LogP contribution is 2.41. The van der Waals surface area contributed by atoms with E-state index in [1.807, 2.05) is 6.92 Å². The lowest BCUT2D eigenvalue weighted by atomic mass is 9.75. The van der Waals surface area contributed by atoms with Crippen molar-refractivity contribution in [2.75, 3.05) is 38.6 Å². The number of hydrogen-bond acceptors (Lipinski definition) is 9. The summed E-state index contributed by atoms with van der Waals surface area (Å²) in [5, 5.41) is 3.92. The van der Waals surface area contributed by atoms with Gasteiger partial charge in [0, 0.05) is 12.5 Å². The summed E-state index contributed by atoms with van der Waals surface area (Å²) in [6.45, 7) is 5.92. The lowest BCUT2D eigenvalue weighted by Gasteiger charge is -2.50. The van der Waals surface area contributed by atoms with Crippen LogP contribution >= 0.6 is 11.3 Å². The van der Waals surface area contributed by atoms with E-state index in [1.54, 1.807) is 7.11 Å². The first-order valence-electron chi connectivity index (χ1n) is 8.57. The van der Waals surface area contributed by atoms with Crippen LogP contribution in [0.2, 0.25) is 0 Å². The number of nitrogens with zero attached hydrogens (tertiary/aromatic N) is 5. The fourth-order valence-corrected chi connectivity index (χ4v) is 5.00. The first kappa shape index (κ1) is 15.3. The molecular weight excluding hydrogens is 340 g/mol. The molecule has 4 aliphatic rings. The first-order valence-corrected chi connectivity index (χ1v) is 9.39. The van der Waals surface area contributed by atoms with Crippen LogP contribution in [-0.2, 0) is 4.74 Å². The van der Waals surface area contributed by atoms with Crippen LogP contribution in [0, 0.1) is 12.8 Å². The van der Waals surface area contributed by atoms with Gasteiger partial charge in [-0.05, 0) is 32.9 Å². The van der Waals surface area contributed by atoms with Crippen molar-refractivity contribution in [3.63, 3.8) is 0 Å². The van der Waals surface area contributed by atoms with Crippen LogP contribution in [0.15, 0.2) is 4.99 Å². The summed E-state index contributed by atoms with van der Waals surface area (Å²) in [5.41, 5.74) is 0.514. The molecule has 0 amide bonds. The molecular formula is C16H20N6O2S. The minimum Gasteiger partial charge on any atom is -0.479 e. The second-order valence-electron chi connectivity index (χ2n) is 6.92. The number of methoxy groups -OCH3 is 1. The van der Waals surface area contributed by atoms with Gasteiger partial charge >= 0.3 is 0 Å². The molecule has 2 bridgehead atoms. The molecule has 1 spiro atoms. The molecule has 0 aliphatic carbocycles. The molecule has 6 heterocycles. The molecule has 2 aromatic heterocycles. The third-order valence-corrected chi connectivity index (χ3v) is 6.22. The monoisotopic (exact) mass is 360 g/mol. The van der Waals surface area contributed by atoms with Gasteiger partial charge in [-0.25, -0.2) is 15.0 Å². The zero-order valence-corrected chi connectivity index (χ0v) is 15.1. The van der Waals surface area contributed by atoms with Gasteiger partial charge in [0.05, 0.1) is 13.7 Å². The average Bonchev–Trinajstić information content (AvgIpc) is 3.19. The van der Waals surface area contributed by atoms with E-state index in [0.717, 1.165) is 17.9 Å². The third-order valence-electron chi connectivity index (χ3n) is 5.36. The summed E-state index contributed by atoms with van der Waals surface area (Å²) >= 11 is 1.45. The van der Waals surface area contributed by atoms with Crippen molar-refractivity contribution in [1.82, 2.24) is 19.9 Å². The molecule has 9 heteroatoms. The van der Waals surface area contributed by atoms with Gasteiger partial charge in [-0.3, -0.25) is 10.2 Å². The summed E-state index contributed by atoms with van der Waals surface area (Å²) in [7, 11) is 1.59. The number of thiazole rings is 1. The smallest absolute Gasteiger partial charge is 0.291 e. The number of nitrogens with one attached hydrogen (secondary N) is 1. The maximum Gasteiger partial charge on any atom is 0.291 e. The number of rotatable bonds is 2. The Morgan fingerprint density at radius 3 is 2.84 bits per heavy atom. The van der Waals surface area contributed by atoms with E-state index in [9.17, 15) is 0 Å². The van der Waals surface area contributed by atoms with E-state index in [0.29, 0.717) is 34.3 Å². The molecule has 2 aromatic rings. The van der Waals surface area contributed by atoms with Crippen LogP contribution in [0.4, 0.5) is 5.13 Å². The normalized spacial score (nSPS) is 30.6. The Kier molecular flexibility index (Phi) is 3.36. The maximum absolute atomic E-state index is 6.30. The number of anilines is 1. The van der Waals surface area contributed by atoms with Gasteiger partial charge in [0.25, 0.3) is 6.02 Å². The van der Waals surface area contributed by atoms with E-state index in [2.05, 4.69) is 30.2 Å². The summed E-state index contributed by atoms with van der Waals surface area (Å²) in [6.07, 6.45) is 2.41. The summed E-state index contributed by atoms with van der Waals surface area (Å²) < 4.78 is 11.6. The third kappa shape index (κ3) is 2.44. The van der Waals surface area contributed by atoms with E-state index < -0.39 is 0 Å². The van der Waals surface area contributed by atoms with Gasteiger partial charge in [0.1, 0.15) is 11.4 Å². The second kappa shape index (κ2) is 5.50. The number of amidine groups is 1. The van der Waals surface area contributed by atoms with Gasteiger partial charge in [-0.15, -0.1) is 0 Å². The largest absolute Gasteiger partial charge is 0.479 e. The van der Waals surface area contributed by atoms with E-state index in [-0.39, 0.29) is 5.60 Å². The second-order valence-corrected chi connectivity index (χ2v) is 7.89. The Morgan fingerprint density at radius 2 is 2.12 bits per heavy atom. The van der Waals surface area contributed by atoms with Gasteiger partial charge in [0.2, 0.25) is 5.88 Å². The van der Waals surface area contributed by atoms with Gasteiger partial charge in [-0.1, -0.05) is 11.3 Å². The molecule has 1 N–H and O–H groups in total. The SMILES string of the molecule is COc1nc(C)nc2sc(NC3=NCC4(CN5CCC4CC5)O3)nc12. The lowest BCUT2D eigenvalue weighted by Crippen LogP contribution is -2.61. The number of piperidine rings is 3. The van der Waals surface area contributed by atoms with Crippen LogP contribution in [0.3, 0.4) is 0 Å². The average molecular weight is 360 g/mol. The Labute approximate surface area is 149 Å². The number of aliphatic imine (C=N–C) groups is 1. The molecule has 0 aromatic carbocycles. The van der Waals surface area contributed by atoms with Crippen molar-refractivity contribution in [2.24, 2.45) is 10.9 Å². The molecule has 0 radical (unpaired) electrons. The molecule has 8 nitrogen and oxygen atoms in total. The number of fused-ring (bicyclic) bond motifs is 3. The van der Waals surface area contributed by atoms with Gasteiger partial charge in [0.15, 0.2) is 15.5 Å². The van der Waals surface area contributed by atoms with Crippen LogP contribution in [-0.4, -0.2) is 64.8 Å². The van der Waals surface area contributed by atoms with Crippen LogP contribution in [0.25, 0.3) is 10.3 Å². The Bertz CT molecular complexity index is 860. The summed E-state index contributed by atoms with van der Waals surface area (Å²) in [4.78, 5) is 21.2. The Morgan fingerprint density at radius 1 is 1.28 bits per heavy atom. The highest BCUT2D eigenvalue weighted by molar-refractivity contribution is 7.22. The molecule has 25 heavy (non-hydrogen) atoms. The number of ether oxygens (including phenoxy) is 2. The molecule has 3 fully saturated rings. The van der Waals surface area contributed by atoms with Crippen molar-refractivity contribution in [1.29, 1.82) is 0 Å². The Hall–Kier alpha value is -2.00. The van der Waals surface area contributed by atoms with Crippen LogP contribution < -0.4 is 10.1 Å². The molecule has 1 unspecified atom stereocenters. The van der Waals surface area contributed by atoms with E-state index >= 15 is 0 Å². The van der Waals surface area contributed by atoms with Crippen molar-refractivity contribution >= 4 is 32.8 Å². The lowest BCUT2D eigenvalue weighted by molar-refractivity contribution is -0.0829. The molecule has 1 atom stereocenters. The maximum atomic E-state index is 6.30. The van der Waals surface area contributed by atoms with Crippen molar-refractivity contribution in [3.05, 3.63) is 5.82 Å². The quantitative estimate of drug-likeness (QED) is 0.872. The van der Waals surface area contributed by atoms with Crippen molar-refractivity contribution < 1.29 is 9.47 Å². The molecule has 6 rings (SSSR count). The van der Waals surface area contributed by atoms with Crippen molar-refractivity contribution in [3.8, 4) is 5.88 Å². The number of hydrogen-bond donors (Lipinski definition) is 1. The Balaban J connectivity index is 1.37. The van der Waals surface area contributed by atoms with Gasteiger partial charge < -0.3 is 9.47 Å². The van der Waals surface area contributed by atoms with Crippen molar-refractivity contribution in [2.45, 2.75) is 25.4 Å². The zero-order chi connectivity index (χ0) is 17.0. The highest BCUT2D eigenvalue weighted by Gasteiger charge is 2.51. The first-order chi connectivity index (χ1) is 12.1. The zero-order valence-electron chi connectivity index (χ0n) is 14.3. The summed E-state index contributed by atoms with van der Waals surface area (Å²) in [5.74, 6) is 1.76. The predicted molar refractivity (Wildman–Crippen MR) is 95.4 cm³/mol. The molecule has 0 saturated carbocycles. The molecule has 3 saturated heterocycles. The molecule has 4 aliphatic heterocycles. The molecule has 132 valence electrons. The van der Waals surface area contributed by atoms with Gasteiger partial charge in [-0.2, -0.15) is 4.98 Å². The number of aryl methyl sites for hydroxylation is 1. The topological polar surface area (TPSA) is 84.8 Å². The fraction of sp³-hybridized carbons (Fsp3) is 0.625. The fourth-order valence-electron chi connectivity index (χ4n) is 4.13.